The second kappa shape index (κ2) is 5.46. The van der Waals surface area contributed by atoms with Crippen molar-refractivity contribution in [3.63, 3.8) is 0 Å². The van der Waals surface area contributed by atoms with Crippen LogP contribution in [-0.2, 0) is 6.42 Å². The van der Waals surface area contributed by atoms with Gasteiger partial charge in [-0.3, -0.25) is 0 Å². The Hall–Kier alpha value is -2.20. The van der Waals surface area contributed by atoms with E-state index >= 15 is 0 Å². The molecule has 2 nitrogen and oxygen atoms in total. The molecule has 0 spiro atoms. The quantitative estimate of drug-likeness (QED) is 0.448. The molecule has 0 N–H and O–H groups in total. The van der Waals surface area contributed by atoms with Crippen LogP contribution in [0.3, 0.4) is 0 Å². The maximum Gasteiger partial charge on any atom is 0.123 e. The molecule has 0 radical (unpaired) electrons. The topological polar surface area (TPSA) is 17.3 Å². The Morgan fingerprint density at radius 1 is 1.09 bits per heavy atom. The first kappa shape index (κ1) is 14.4. The lowest BCUT2D eigenvalue weighted by molar-refractivity contribution is 0.629. The highest BCUT2D eigenvalue weighted by molar-refractivity contribution is 9.10. The van der Waals surface area contributed by atoms with Crippen LogP contribution in [0.15, 0.2) is 59.2 Å². The van der Waals surface area contributed by atoms with Crippen molar-refractivity contribution >= 4 is 32.2 Å². The normalized spacial score (nSPS) is 11.4. The van der Waals surface area contributed by atoms with Gasteiger partial charge in [0.1, 0.15) is 5.82 Å². The van der Waals surface area contributed by atoms with Gasteiger partial charge < -0.3 is 0 Å². The highest BCUT2D eigenvalue weighted by atomic mass is 79.9. The van der Waals surface area contributed by atoms with E-state index in [1.54, 1.807) is 6.07 Å². The van der Waals surface area contributed by atoms with E-state index in [9.17, 15) is 4.39 Å². The van der Waals surface area contributed by atoms with Crippen LogP contribution in [0.4, 0.5) is 4.39 Å². The molecule has 2 aromatic heterocycles. The lowest BCUT2D eigenvalue weighted by Crippen LogP contribution is -1.98. The van der Waals surface area contributed by atoms with Crippen LogP contribution in [0, 0.1) is 5.82 Å². The van der Waals surface area contributed by atoms with Crippen molar-refractivity contribution in [3.8, 4) is 11.3 Å². The third kappa shape index (κ3) is 2.17. The highest BCUT2D eigenvalue weighted by Gasteiger charge is 2.17. The maximum absolute atomic E-state index is 13.8. The molecule has 4 rings (SSSR count). The number of pyridine rings is 1. The summed E-state index contributed by atoms with van der Waals surface area (Å²) < 4.78 is 16.6. The van der Waals surface area contributed by atoms with Crippen molar-refractivity contribution in [2.45, 2.75) is 13.3 Å². The van der Waals surface area contributed by atoms with Gasteiger partial charge in [0.2, 0.25) is 0 Å². The third-order valence-electron chi connectivity index (χ3n) is 4.17. The molecule has 0 amide bonds. The van der Waals surface area contributed by atoms with Crippen molar-refractivity contribution in [3.05, 3.63) is 70.6 Å². The molecule has 0 saturated heterocycles. The summed E-state index contributed by atoms with van der Waals surface area (Å²) in [6.07, 6.45) is 2.78. The molecule has 114 valence electrons. The Morgan fingerprint density at radius 2 is 1.87 bits per heavy atom. The lowest BCUT2D eigenvalue weighted by atomic mass is 10.0. The number of halogens is 2. The van der Waals surface area contributed by atoms with Crippen LogP contribution in [0.5, 0.6) is 0 Å². The molecule has 0 fully saturated rings. The van der Waals surface area contributed by atoms with Gasteiger partial charge in [-0.25, -0.2) is 8.91 Å². The molecule has 4 heteroatoms. The van der Waals surface area contributed by atoms with Gasteiger partial charge in [-0.1, -0.05) is 37.3 Å². The Bertz CT molecular complexity index is 1020. The summed E-state index contributed by atoms with van der Waals surface area (Å²) in [4.78, 5) is 0. The summed E-state index contributed by atoms with van der Waals surface area (Å²) in [7, 11) is 0. The molecule has 4 aromatic rings. The predicted octanol–water partition coefficient (Wildman–Crippen LogP) is 5.62. The van der Waals surface area contributed by atoms with Crippen molar-refractivity contribution in [2.75, 3.05) is 0 Å². The Labute approximate surface area is 141 Å². The van der Waals surface area contributed by atoms with E-state index in [1.807, 2.05) is 47.1 Å². The standard InChI is InChI=1S/C19H14BrFN2/c1-2-12-11-22-23-18(12)15-9-8-14(21)10-16(15)17(20)19(23)13-6-4-3-5-7-13/h3-11H,2H2,1H3. The fourth-order valence-corrected chi connectivity index (χ4v) is 3.79. The molecule has 0 unspecified atom stereocenters. The average molecular weight is 369 g/mol. The van der Waals surface area contributed by atoms with Gasteiger partial charge in [-0.05, 0) is 46.1 Å². The zero-order chi connectivity index (χ0) is 16.0. The second-order valence-corrected chi connectivity index (χ2v) is 6.30. The molecule has 0 saturated carbocycles. The van der Waals surface area contributed by atoms with Gasteiger partial charge in [0.05, 0.1) is 21.9 Å². The zero-order valence-electron chi connectivity index (χ0n) is 12.6. The molecule has 2 heterocycles. The molecule has 0 aliphatic heterocycles. The molecular formula is C19H14BrFN2. The van der Waals surface area contributed by atoms with Gasteiger partial charge in [0.15, 0.2) is 0 Å². The van der Waals surface area contributed by atoms with E-state index in [1.165, 1.54) is 6.07 Å². The number of benzene rings is 2. The molecule has 2 aromatic carbocycles. The summed E-state index contributed by atoms with van der Waals surface area (Å²) in [5, 5.41) is 6.47. The first-order valence-electron chi connectivity index (χ1n) is 7.53. The highest BCUT2D eigenvalue weighted by Crippen LogP contribution is 2.38. The Balaban J connectivity index is 2.24. The number of fused-ring (bicyclic) bond motifs is 3. The van der Waals surface area contributed by atoms with Crippen molar-refractivity contribution in [1.29, 1.82) is 0 Å². The maximum atomic E-state index is 13.8. The number of hydrogen-bond donors (Lipinski definition) is 0. The van der Waals surface area contributed by atoms with Crippen LogP contribution in [0.25, 0.3) is 27.5 Å². The van der Waals surface area contributed by atoms with Gasteiger partial charge in [0.25, 0.3) is 0 Å². The first-order chi connectivity index (χ1) is 11.2. The smallest absolute Gasteiger partial charge is 0.123 e. The first-order valence-corrected chi connectivity index (χ1v) is 8.32. The van der Waals surface area contributed by atoms with Crippen LogP contribution >= 0.6 is 15.9 Å². The minimum absolute atomic E-state index is 0.237. The minimum atomic E-state index is -0.237. The summed E-state index contributed by atoms with van der Waals surface area (Å²) in [6, 6.07) is 15.0. The van der Waals surface area contributed by atoms with Gasteiger partial charge >= 0.3 is 0 Å². The number of hydrogen-bond acceptors (Lipinski definition) is 1. The van der Waals surface area contributed by atoms with E-state index in [4.69, 9.17) is 0 Å². The molecule has 0 aliphatic carbocycles. The minimum Gasteiger partial charge on any atom is -0.231 e. The molecular weight excluding hydrogens is 355 g/mol. The molecule has 0 bridgehead atoms. The van der Waals surface area contributed by atoms with E-state index in [0.29, 0.717) is 0 Å². The monoisotopic (exact) mass is 368 g/mol. The fourth-order valence-electron chi connectivity index (χ4n) is 3.07. The van der Waals surface area contributed by atoms with Crippen LogP contribution < -0.4 is 0 Å². The Kier molecular flexibility index (Phi) is 3.42. The van der Waals surface area contributed by atoms with Gasteiger partial charge in [0, 0.05) is 16.3 Å². The van der Waals surface area contributed by atoms with Crippen LogP contribution in [0.2, 0.25) is 0 Å². The zero-order valence-corrected chi connectivity index (χ0v) is 14.1. The fraction of sp³-hybridized carbons (Fsp3) is 0.105. The number of aromatic nitrogens is 2. The number of aryl methyl sites for hydroxylation is 1. The summed E-state index contributed by atoms with van der Waals surface area (Å²) in [6.45, 7) is 2.11. The number of rotatable bonds is 2. The Morgan fingerprint density at radius 3 is 2.61 bits per heavy atom. The molecule has 23 heavy (non-hydrogen) atoms. The van der Waals surface area contributed by atoms with Crippen molar-refractivity contribution in [1.82, 2.24) is 9.61 Å². The van der Waals surface area contributed by atoms with E-state index in [-0.39, 0.29) is 5.82 Å². The van der Waals surface area contributed by atoms with Gasteiger partial charge in [-0.15, -0.1) is 0 Å². The van der Waals surface area contributed by atoms with Crippen molar-refractivity contribution in [2.24, 2.45) is 0 Å². The SMILES string of the molecule is CCc1cnn2c(-c3ccccc3)c(Br)c3cc(F)ccc3c12. The molecule has 0 aliphatic rings. The van der Waals surface area contributed by atoms with Crippen molar-refractivity contribution < 1.29 is 4.39 Å². The average Bonchev–Trinajstić information content (AvgIpc) is 3.00. The number of nitrogens with zero attached hydrogens (tertiary/aromatic N) is 2. The molecule has 0 atom stereocenters. The van der Waals surface area contributed by atoms with E-state index in [0.717, 1.165) is 44.0 Å². The van der Waals surface area contributed by atoms with Crippen LogP contribution in [-0.4, -0.2) is 9.61 Å². The third-order valence-corrected chi connectivity index (χ3v) is 4.97. The predicted molar refractivity (Wildman–Crippen MR) is 95.2 cm³/mol. The lowest BCUT2D eigenvalue weighted by Gasteiger charge is -2.13. The van der Waals surface area contributed by atoms with Crippen LogP contribution in [0.1, 0.15) is 12.5 Å². The second-order valence-electron chi connectivity index (χ2n) is 5.50. The van der Waals surface area contributed by atoms with Gasteiger partial charge in [-0.2, -0.15) is 5.10 Å². The van der Waals surface area contributed by atoms with E-state index in [2.05, 4.69) is 28.0 Å². The van der Waals surface area contributed by atoms with E-state index < -0.39 is 0 Å². The summed E-state index contributed by atoms with van der Waals surface area (Å²) in [5.74, 6) is -0.237. The largest absolute Gasteiger partial charge is 0.231 e. The summed E-state index contributed by atoms with van der Waals surface area (Å²) >= 11 is 3.68. The summed E-state index contributed by atoms with van der Waals surface area (Å²) in [5.41, 5.74) is 4.19.